The van der Waals surface area contributed by atoms with Crippen LogP contribution in [0.4, 0.5) is 8.78 Å². The zero-order valence-corrected chi connectivity index (χ0v) is 11.7. The lowest BCUT2D eigenvalue weighted by molar-refractivity contribution is 0.0379. The molecule has 0 aromatic heterocycles. The van der Waals surface area contributed by atoms with Crippen molar-refractivity contribution in [1.29, 1.82) is 0 Å². The van der Waals surface area contributed by atoms with E-state index in [2.05, 4.69) is 0 Å². The van der Waals surface area contributed by atoms with Crippen LogP contribution in [0.1, 0.15) is 23.1 Å². The van der Waals surface area contributed by atoms with E-state index in [1.807, 2.05) is 12.1 Å². The Bertz CT molecular complexity index is 684. The maximum atomic E-state index is 13.8. The molecule has 1 unspecified atom stereocenters. The van der Waals surface area contributed by atoms with Crippen LogP contribution in [0, 0.1) is 11.6 Å². The van der Waals surface area contributed by atoms with Crippen molar-refractivity contribution in [2.75, 3.05) is 7.11 Å². The Hall–Kier alpha value is -1.94. The van der Waals surface area contributed by atoms with E-state index in [0.29, 0.717) is 18.6 Å². The van der Waals surface area contributed by atoms with Crippen molar-refractivity contribution in [3.63, 3.8) is 0 Å². The zero-order chi connectivity index (χ0) is 15.0. The van der Waals surface area contributed by atoms with E-state index in [-0.39, 0.29) is 12.0 Å². The van der Waals surface area contributed by atoms with Crippen molar-refractivity contribution >= 4 is 0 Å². The van der Waals surface area contributed by atoms with Crippen LogP contribution in [0.3, 0.4) is 0 Å². The quantitative estimate of drug-likeness (QED) is 0.939. The Morgan fingerprint density at radius 2 is 2.00 bits per heavy atom. The molecule has 0 radical (unpaired) electrons. The number of aliphatic hydroxyl groups is 1. The average Bonchev–Trinajstić information content (AvgIpc) is 2.80. The summed E-state index contributed by atoms with van der Waals surface area (Å²) in [5, 5.41) is 10.9. The Balaban J connectivity index is 1.98. The van der Waals surface area contributed by atoms with Gasteiger partial charge in [0.15, 0.2) is 0 Å². The highest BCUT2D eigenvalue weighted by molar-refractivity contribution is 5.44. The number of ether oxygens (including phenoxy) is 1. The van der Waals surface area contributed by atoms with Crippen LogP contribution in [0.15, 0.2) is 36.4 Å². The van der Waals surface area contributed by atoms with Crippen molar-refractivity contribution in [2.45, 2.75) is 24.9 Å². The number of aryl methyl sites for hydroxylation is 1. The van der Waals surface area contributed by atoms with E-state index in [1.54, 1.807) is 13.2 Å². The molecule has 0 saturated heterocycles. The molecular formula is C17H16F2O2. The molecule has 2 nitrogen and oxygen atoms in total. The Labute approximate surface area is 122 Å². The first kappa shape index (κ1) is 14.0. The minimum atomic E-state index is -1.18. The molecule has 2 aromatic rings. The van der Waals surface area contributed by atoms with Crippen molar-refractivity contribution in [2.24, 2.45) is 0 Å². The smallest absolute Gasteiger partial charge is 0.126 e. The van der Waals surface area contributed by atoms with Crippen LogP contribution in [0.25, 0.3) is 0 Å². The standard InChI is InChI=1S/C17H16F2O2/c1-21-14-4-2-11-6-7-17(20,15(11)9-14)10-12-8-13(18)3-5-16(12)19/h2-5,8-9,20H,6-7,10H2,1H3. The van der Waals surface area contributed by atoms with Crippen molar-refractivity contribution in [1.82, 2.24) is 0 Å². The second-order valence-corrected chi connectivity index (χ2v) is 5.47. The molecular weight excluding hydrogens is 274 g/mol. The molecule has 0 aliphatic heterocycles. The van der Waals surface area contributed by atoms with Gasteiger partial charge in [0.05, 0.1) is 12.7 Å². The summed E-state index contributed by atoms with van der Waals surface area (Å²) in [4.78, 5) is 0. The first-order chi connectivity index (χ1) is 10.0. The maximum absolute atomic E-state index is 13.8. The number of rotatable bonds is 3. The number of methoxy groups -OCH3 is 1. The molecule has 0 heterocycles. The highest BCUT2D eigenvalue weighted by atomic mass is 19.1. The van der Waals surface area contributed by atoms with Crippen molar-refractivity contribution in [3.8, 4) is 5.75 Å². The second kappa shape index (κ2) is 5.11. The Morgan fingerprint density at radius 3 is 2.76 bits per heavy atom. The molecule has 4 heteroatoms. The molecule has 110 valence electrons. The van der Waals surface area contributed by atoms with Crippen LogP contribution in [0.5, 0.6) is 5.75 Å². The van der Waals surface area contributed by atoms with Gasteiger partial charge in [-0.05, 0) is 59.9 Å². The highest BCUT2D eigenvalue weighted by Crippen LogP contribution is 2.41. The molecule has 2 aromatic carbocycles. The van der Waals surface area contributed by atoms with Crippen molar-refractivity contribution < 1.29 is 18.6 Å². The fourth-order valence-corrected chi connectivity index (χ4v) is 2.99. The molecule has 21 heavy (non-hydrogen) atoms. The molecule has 3 rings (SSSR count). The van der Waals surface area contributed by atoms with Gasteiger partial charge in [0.1, 0.15) is 17.4 Å². The van der Waals surface area contributed by atoms with Crippen molar-refractivity contribution in [3.05, 3.63) is 64.7 Å². The lowest BCUT2D eigenvalue weighted by Crippen LogP contribution is -2.26. The molecule has 1 aliphatic carbocycles. The van der Waals surface area contributed by atoms with Gasteiger partial charge in [-0.15, -0.1) is 0 Å². The number of hydrogen-bond acceptors (Lipinski definition) is 2. The lowest BCUT2D eigenvalue weighted by atomic mass is 9.88. The molecule has 1 atom stereocenters. The van der Waals surface area contributed by atoms with Gasteiger partial charge in [0.2, 0.25) is 0 Å². The molecule has 0 bridgehead atoms. The number of fused-ring (bicyclic) bond motifs is 1. The summed E-state index contributed by atoms with van der Waals surface area (Å²) >= 11 is 0. The van der Waals surface area contributed by atoms with E-state index in [9.17, 15) is 13.9 Å². The number of benzene rings is 2. The second-order valence-electron chi connectivity index (χ2n) is 5.47. The summed E-state index contributed by atoms with van der Waals surface area (Å²) in [6.07, 6.45) is 1.26. The third-order valence-corrected chi connectivity index (χ3v) is 4.12. The molecule has 1 N–H and O–H groups in total. The third-order valence-electron chi connectivity index (χ3n) is 4.12. The van der Waals surface area contributed by atoms with Crippen LogP contribution >= 0.6 is 0 Å². The predicted molar refractivity (Wildman–Crippen MR) is 75.3 cm³/mol. The first-order valence-corrected chi connectivity index (χ1v) is 6.85. The van der Waals surface area contributed by atoms with Crippen LogP contribution in [-0.2, 0) is 18.4 Å². The van der Waals surface area contributed by atoms with Gasteiger partial charge in [0, 0.05) is 6.42 Å². The van der Waals surface area contributed by atoms with E-state index in [4.69, 9.17) is 4.74 Å². The normalized spacial score (nSPS) is 20.4. The summed E-state index contributed by atoms with van der Waals surface area (Å²) in [6.45, 7) is 0. The zero-order valence-electron chi connectivity index (χ0n) is 11.7. The minimum Gasteiger partial charge on any atom is -0.497 e. The predicted octanol–water partition coefficient (Wildman–Crippen LogP) is 3.35. The number of halogens is 2. The summed E-state index contributed by atoms with van der Waals surface area (Å²) in [7, 11) is 1.56. The first-order valence-electron chi connectivity index (χ1n) is 6.85. The molecule has 0 spiro atoms. The fraction of sp³-hybridized carbons (Fsp3) is 0.294. The summed E-state index contributed by atoms with van der Waals surface area (Å²) in [6, 6.07) is 8.84. The largest absolute Gasteiger partial charge is 0.497 e. The van der Waals surface area contributed by atoms with E-state index >= 15 is 0 Å². The SMILES string of the molecule is COc1ccc2c(c1)C(O)(Cc1cc(F)ccc1F)CC2. The van der Waals surface area contributed by atoms with Gasteiger partial charge in [0.25, 0.3) is 0 Å². The topological polar surface area (TPSA) is 29.5 Å². The maximum Gasteiger partial charge on any atom is 0.126 e. The Kier molecular flexibility index (Phi) is 3.41. The number of hydrogen-bond donors (Lipinski definition) is 1. The minimum absolute atomic E-state index is 0.0523. The van der Waals surface area contributed by atoms with E-state index in [1.165, 1.54) is 0 Å². The summed E-state index contributed by atoms with van der Waals surface area (Å²) < 4.78 is 32.3. The van der Waals surface area contributed by atoms with E-state index < -0.39 is 17.2 Å². The molecule has 1 aliphatic rings. The monoisotopic (exact) mass is 290 g/mol. The fourth-order valence-electron chi connectivity index (χ4n) is 2.99. The molecule has 0 fully saturated rings. The van der Waals surface area contributed by atoms with E-state index in [0.717, 1.165) is 29.3 Å². The Morgan fingerprint density at radius 1 is 1.19 bits per heavy atom. The van der Waals surface area contributed by atoms with Gasteiger partial charge in [-0.3, -0.25) is 0 Å². The molecule has 0 amide bonds. The third kappa shape index (κ3) is 2.51. The van der Waals surface area contributed by atoms with Gasteiger partial charge in [-0.1, -0.05) is 6.07 Å². The van der Waals surface area contributed by atoms with Crippen LogP contribution < -0.4 is 4.74 Å². The van der Waals surface area contributed by atoms with Gasteiger partial charge >= 0.3 is 0 Å². The summed E-state index contributed by atoms with van der Waals surface area (Å²) in [5.41, 5.74) is 0.771. The lowest BCUT2D eigenvalue weighted by Gasteiger charge is -2.25. The highest BCUT2D eigenvalue weighted by Gasteiger charge is 2.37. The van der Waals surface area contributed by atoms with Gasteiger partial charge in [-0.2, -0.15) is 0 Å². The summed E-state index contributed by atoms with van der Waals surface area (Å²) in [5.74, 6) is -0.353. The van der Waals surface area contributed by atoms with Gasteiger partial charge < -0.3 is 9.84 Å². The van der Waals surface area contributed by atoms with Crippen LogP contribution in [-0.4, -0.2) is 12.2 Å². The molecule has 0 saturated carbocycles. The van der Waals surface area contributed by atoms with Crippen LogP contribution in [0.2, 0.25) is 0 Å². The average molecular weight is 290 g/mol. The van der Waals surface area contributed by atoms with Gasteiger partial charge in [-0.25, -0.2) is 8.78 Å².